The number of halogens is 1. The first kappa shape index (κ1) is 17.5. The highest BCUT2D eigenvalue weighted by Gasteiger charge is 2.13. The van der Waals surface area contributed by atoms with Gasteiger partial charge in [-0.3, -0.25) is 0 Å². The maximum absolute atomic E-state index is 12.3. The lowest BCUT2D eigenvalue weighted by molar-refractivity contribution is 0.0733. The van der Waals surface area contributed by atoms with Gasteiger partial charge in [0.15, 0.2) is 0 Å². The van der Waals surface area contributed by atoms with Gasteiger partial charge >= 0.3 is 5.97 Å². The molecule has 0 aliphatic rings. The topological polar surface area (TPSA) is 44.8 Å². The Balaban J connectivity index is 2.10. The van der Waals surface area contributed by atoms with E-state index in [1.807, 2.05) is 26.0 Å². The minimum Gasteiger partial charge on any atom is -0.490 e. The molecule has 2 aromatic rings. The number of benzene rings is 2. The summed E-state index contributed by atoms with van der Waals surface area (Å²) in [6, 6.07) is 10.7. The molecule has 23 heavy (non-hydrogen) atoms. The third-order valence-corrected chi connectivity index (χ3v) is 4.09. The monoisotopic (exact) mass is 378 g/mol. The number of aryl methyl sites for hydroxylation is 1. The van der Waals surface area contributed by atoms with Crippen molar-refractivity contribution in [1.82, 2.24) is 0 Å². The molecule has 5 heteroatoms. The minimum atomic E-state index is -0.400. The van der Waals surface area contributed by atoms with Gasteiger partial charge in [0.1, 0.15) is 18.1 Å². The molecule has 0 saturated carbocycles. The summed E-state index contributed by atoms with van der Waals surface area (Å²) < 4.78 is 16.7. The second-order valence-corrected chi connectivity index (χ2v) is 5.93. The Hall–Kier alpha value is -1.85. The minimum absolute atomic E-state index is 0.400. The summed E-state index contributed by atoms with van der Waals surface area (Å²) in [5.41, 5.74) is 2.50. The van der Waals surface area contributed by atoms with Gasteiger partial charge in [-0.05, 0) is 65.2 Å². The molecule has 0 N–H and O–H groups in total. The Bertz CT molecular complexity index is 697. The molecule has 2 aromatic carbocycles. The molecule has 0 aliphatic heterocycles. The van der Waals surface area contributed by atoms with Crippen LogP contribution in [0.25, 0.3) is 0 Å². The fourth-order valence-electron chi connectivity index (χ4n) is 1.97. The smallest absolute Gasteiger partial charge is 0.343 e. The third-order valence-electron chi connectivity index (χ3n) is 3.47. The highest BCUT2D eigenvalue weighted by Crippen LogP contribution is 2.27. The van der Waals surface area contributed by atoms with E-state index in [0.29, 0.717) is 34.7 Å². The van der Waals surface area contributed by atoms with Crippen molar-refractivity contribution in [3.63, 3.8) is 0 Å². The zero-order valence-corrected chi connectivity index (χ0v) is 15.0. The third kappa shape index (κ3) is 4.56. The number of hydrogen-bond donors (Lipinski definition) is 0. The molecule has 0 spiro atoms. The van der Waals surface area contributed by atoms with Crippen molar-refractivity contribution in [3.05, 3.63) is 57.6 Å². The first-order chi connectivity index (χ1) is 11.0. The molecular weight excluding hydrogens is 360 g/mol. The lowest BCUT2D eigenvalue weighted by Crippen LogP contribution is -2.10. The average Bonchev–Trinajstić information content (AvgIpc) is 2.53. The number of carbonyl (C=O) groups excluding carboxylic acids is 1. The number of esters is 1. The molecule has 4 nitrogen and oxygen atoms in total. The van der Waals surface area contributed by atoms with Gasteiger partial charge in [-0.2, -0.15) is 0 Å². The van der Waals surface area contributed by atoms with Crippen molar-refractivity contribution < 1.29 is 19.0 Å². The lowest BCUT2D eigenvalue weighted by atomic mass is 10.1. The summed E-state index contributed by atoms with van der Waals surface area (Å²) >= 11 is 3.41. The largest absolute Gasteiger partial charge is 0.490 e. The Kier molecular flexibility index (Phi) is 6.19. The molecule has 0 unspecified atom stereocenters. The summed E-state index contributed by atoms with van der Waals surface area (Å²) in [5, 5.41) is 0. The van der Waals surface area contributed by atoms with Gasteiger partial charge < -0.3 is 14.2 Å². The van der Waals surface area contributed by atoms with Gasteiger partial charge in [-0.15, -0.1) is 0 Å². The van der Waals surface area contributed by atoms with Crippen LogP contribution in [0.2, 0.25) is 0 Å². The summed E-state index contributed by atoms with van der Waals surface area (Å²) in [5.74, 6) is 0.833. The van der Waals surface area contributed by atoms with Crippen molar-refractivity contribution in [3.8, 4) is 11.5 Å². The molecule has 0 saturated heterocycles. The van der Waals surface area contributed by atoms with E-state index in [4.69, 9.17) is 14.2 Å². The summed E-state index contributed by atoms with van der Waals surface area (Å²) in [6.07, 6.45) is 0. The molecular formula is C18H19BrO4. The maximum Gasteiger partial charge on any atom is 0.343 e. The molecule has 0 aliphatic carbocycles. The Morgan fingerprint density at radius 2 is 1.87 bits per heavy atom. The van der Waals surface area contributed by atoms with Crippen LogP contribution < -0.4 is 9.47 Å². The molecule has 0 heterocycles. The van der Waals surface area contributed by atoms with Gasteiger partial charge in [0.25, 0.3) is 0 Å². The van der Waals surface area contributed by atoms with Crippen LogP contribution in [0, 0.1) is 13.8 Å². The van der Waals surface area contributed by atoms with Crippen molar-refractivity contribution in [2.24, 2.45) is 0 Å². The molecule has 122 valence electrons. The van der Waals surface area contributed by atoms with E-state index < -0.39 is 5.97 Å². The molecule has 0 radical (unpaired) electrons. The van der Waals surface area contributed by atoms with Gasteiger partial charge in [-0.25, -0.2) is 4.79 Å². The highest BCUT2D eigenvalue weighted by atomic mass is 79.9. The van der Waals surface area contributed by atoms with E-state index in [1.54, 1.807) is 31.4 Å². The van der Waals surface area contributed by atoms with Gasteiger partial charge in [0.2, 0.25) is 0 Å². The molecule has 2 rings (SSSR count). The molecule has 0 fully saturated rings. The zero-order valence-electron chi connectivity index (χ0n) is 13.4. The van der Waals surface area contributed by atoms with Crippen LogP contribution in [-0.2, 0) is 4.74 Å². The van der Waals surface area contributed by atoms with Crippen molar-refractivity contribution in [1.29, 1.82) is 0 Å². The van der Waals surface area contributed by atoms with Gasteiger partial charge in [0.05, 0.1) is 16.6 Å². The second-order valence-electron chi connectivity index (χ2n) is 5.07. The molecule has 0 amide bonds. The quantitative estimate of drug-likeness (QED) is 0.426. The first-order valence-electron chi connectivity index (χ1n) is 7.22. The van der Waals surface area contributed by atoms with Crippen LogP contribution in [0.15, 0.2) is 40.9 Å². The Morgan fingerprint density at radius 3 is 2.57 bits per heavy atom. The van der Waals surface area contributed by atoms with E-state index in [-0.39, 0.29) is 0 Å². The fourth-order valence-corrected chi connectivity index (χ4v) is 2.47. The van der Waals surface area contributed by atoms with Gasteiger partial charge in [0, 0.05) is 7.11 Å². The predicted octanol–water partition coefficient (Wildman–Crippen LogP) is 4.31. The zero-order chi connectivity index (χ0) is 16.8. The average molecular weight is 379 g/mol. The maximum atomic E-state index is 12.3. The van der Waals surface area contributed by atoms with Crippen molar-refractivity contribution >= 4 is 21.9 Å². The van der Waals surface area contributed by atoms with Crippen LogP contribution >= 0.6 is 15.9 Å². The fraction of sp³-hybridized carbons (Fsp3) is 0.278. The van der Waals surface area contributed by atoms with Crippen LogP contribution in [-0.4, -0.2) is 26.3 Å². The number of rotatable bonds is 6. The lowest BCUT2D eigenvalue weighted by Gasteiger charge is -2.11. The summed E-state index contributed by atoms with van der Waals surface area (Å²) in [4.78, 5) is 12.3. The Labute approximate surface area is 144 Å². The number of hydrogen-bond acceptors (Lipinski definition) is 4. The first-order valence-corrected chi connectivity index (χ1v) is 8.02. The van der Waals surface area contributed by atoms with Gasteiger partial charge in [-0.1, -0.05) is 12.1 Å². The molecule has 0 bridgehead atoms. The van der Waals surface area contributed by atoms with E-state index in [1.165, 1.54) is 0 Å². The van der Waals surface area contributed by atoms with Crippen LogP contribution in [0.3, 0.4) is 0 Å². The second kappa shape index (κ2) is 8.13. The normalized spacial score (nSPS) is 10.4. The van der Waals surface area contributed by atoms with E-state index in [2.05, 4.69) is 15.9 Å². The standard InChI is InChI=1S/C18H19BrO4/c1-12-5-4-6-16(13(12)2)23-18(20)14-7-8-17(15(19)11-14)22-10-9-21-3/h4-8,11H,9-10H2,1-3H3. The SMILES string of the molecule is COCCOc1ccc(C(=O)Oc2cccc(C)c2C)cc1Br. The Morgan fingerprint density at radius 1 is 1.09 bits per heavy atom. The summed E-state index contributed by atoms with van der Waals surface area (Å²) in [6.45, 7) is 4.86. The number of methoxy groups -OCH3 is 1. The van der Waals surface area contributed by atoms with E-state index in [9.17, 15) is 4.79 Å². The summed E-state index contributed by atoms with van der Waals surface area (Å²) in [7, 11) is 1.62. The van der Waals surface area contributed by atoms with E-state index >= 15 is 0 Å². The number of ether oxygens (including phenoxy) is 3. The van der Waals surface area contributed by atoms with E-state index in [0.717, 1.165) is 11.1 Å². The van der Waals surface area contributed by atoms with Crippen LogP contribution in [0.4, 0.5) is 0 Å². The molecule has 0 atom stereocenters. The van der Waals surface area contributed by atoms with Crippen LogP contribution in [0.1, 0.15) is 21.5 Å². The highest BCUT2D eigenvalue weighted by molar-refractivity contribution is 9.10. The van der Waals surface area contributed by atoms with Crippen molar-refractivity contribution in [2.45, 2.75) is 13.8 Å². The van der Waals surface area contributed by atoms with Crippen LogP contribution in [0.5, 0.6) is 11.5 Å². The molecule has 0 aromatic heterocycles. The predicted molar refractivity (Wildman–Crippen MR) is 92.4 cm³/mol. The van der Waals surface area contributed by atoms with Crippen molar-refractivity contribution in [2.75, 3.05) is 20.3 Å². The number of carbonyl (C=O) groups is 1.